The van der Waals surface area contributed by atoms with Gasteiger partial charge in [-0.25, -0.2) is 14.6 Å². The molecule has 4 rings (SSSR count). The summed E-state index contributed by atoms with van der Waals surface area (Å²) in [5, 5.41) is 35.2. The lowest BCUT2D eigenvalue weighted by molar-refractivity contribution is -0.386. The zero-order valence-corrected chi connectivity index (χ0v) is 27.2. The standard InChI is InChI=1S/C15H18N4O5.C12H13N3O4.C3H5NO/c1-4-16-15(20)18-10(3)8-14(17-18)24-11-6-7-12(19(21)22)13(9-11)23-5-2;1-3-18-11-7-9(4-5-10(11)15(16)17)19-12-6-8(2)13-14-12;1-2-4-3-5/h6-9H,4-5H2,1-3H3,(H,16,20);4-7H,3H2,1-2H3,(H,13,14);2H2,1H3. The van der Waals surface area contributed by atoms with Crippen LogP contribution in [0.1, 0.15) is 39.1 Å². The molecule has 0 saturated heterocycles. The van der Waals surface area contributed by atoms with Crippen LogP contribution in [0.3, 0.4) is 0 Å². The number of carbonyl (C=O) groups excluding carboxylic acids is 2. The van der Waals surface area contributed by atoms with E-state index >= 15 is 0 Å². The van der Waals surface area contributed by atoms with E-state index in [1.807, 2.05) is 6.92 Å². The molecule has 2 aromatic carbocycles. The zero-order valence-electron chi connectivity index (χ0n) is 27.2. The van der Waals surface area contributed by atoms with Crippen molar-refractivity contribution in [3.8, 4) is 34.8 Å². The summed E-state index contributed by atoms with van der Waals surface area (Å²) in [6.07, 6.45) is 1.39. The fraction of sp³-hybridized carbons (Fsp3) is 0.333. The van der Waals surface area contributed by atoms with E-state index in [1.54, 1.807) is 46.8 Å². The van der Waals surface area contributed by atoms with E-state index in [2.05, 4.69) is 25.6 Å². The number of benzene rings is 2. The second kappa shape index (κ2) is 19.3. The van der Waals surface area contributed by atoms with Gasteiger partial charge >= 0.3 is 17.4 Å². The van der Waals surface area contributed by atoms with Crippen molar-refractivity contribution in [1.29, 1.82) is 0 Å². The molecule has 18 heteroatoms. The van der Waals surface area contributed by atoms with Gasteiger partial charge < -0.3 is 24.3 Å². The second-order valence-electron chi connectivity index (χ2n) is 9.17. The molecule has 2 heterocycles. The molecular formula is C30H36N8O10. The number of amides is 1. The normalized spacial score (nSPS) is 9.79. The van der Waals surface area contributed by atoms with Gasteiger partial charge in [0.15, 0.2) is 0 Å². The Morgan fingerprint density at radius 2 is 1.44 bits per heavy atom. The number of carbonyl (C=O) groups is 1. The third-order valence-corrected chi connectivity index (χ3v) is 5.59. The first-order chi connectivity index (χ1) is 23.0. The van der Waals surface area contributed by atoms with Crippen LogP contribution in [0.4, 0.5) is 16.2 Å². The number of aromatic amines is 1. The molecule has 256 valence electrons. The van der Waals surface area contributed by atoms with Crippen molar-refractivity contribution in [3.63, 3.8) is 0 Å². The van der Waals surface area contributed by atoms with E-state index in [1.165, 1.54) is 47.2 Å². The second-order valence-corrected chi connectivity index (χ2v) is 9.17. The van der Waals surface area contributed by atoms with Crippen molar-refractivity contribution < 1.29 is 38.4 Å². The monoisotopic (exact) mass is 668 g/mol. The summed E-state index contributed by atoms with van der Waals surface area (Å²) in [4.78, 5) is 44.9. The molecule has 0 bridgehead atoms. The molecule has 0 aliphatic carbocycles. The number of hydrogen-bond donors (Lipinski definition) is 2. The number of ether oxygens (including phenoxy) is 4. The average Bonchev–Trinajstić information content (AvgIpc) is 3.62. The maximum absolute atomic E-state index is 11.8. The van der Waals surface area contributed by atoms with Gasteiger partial charge in [-0.2, -0.15) is 4.68 Å². The van der Waals surface area contributed by atoms with Crippen molar-refractivity contribution in [2.75, 3.05) is 26.3 Å². The summed E-state index contributed by atoms with van der Waals surface area (Å²) in [6, 6.07) is 11.5. The van der Waals surface area contributed by atoms with Gasteiger partial charge in [0.1, 0.15) is 11.5 Å². The highest BCUT2D eigenvalue weighted by molar-refractivity contribution is 5.76. The molecule has 0 aliphatic rings. The van der Waals surface area contributed by atoms with Gasteiger partial charge in [0, 0.05) is 55.2 Å². The Hall–Kier alpha value is -6.29. The van der Waals surface area contributed by atoms with Crippen molar-refractivity contribution in [2.45, 2.75) is 41.5 Å². The first-order valence-corrected chi connectivity index (χ1v) is 14.6. The minimum Gasteiger partial charge on any atom is -0.487 e. The van der Waals surface area contributed by atoms with Gasteiger partial charge in [0.05, 0.1) is 28.8 Å². The number of isocyanates is 1. The van der Waals surface area contributed by atoms with Gasteiger partial charge in [-0.1, -0.05) is 0 Å². The summed E-state index contributed by atoms with van der Waals surface area (Å²) in [6.45, 7) is 12.3. The van der Waals surface area contributed by atoms with Gasteiger partial charge in [-0.3, -0.25) is 25.3 Å². The van der Waals surface area contributed by atoms with Crippen molar-refractivity contribution in [2.24, 2.45) is 4.99 Å². The Morgan fingerprint density at radius 3 is 1.83 bits per heavy atom. The molecular weight excluding hydrogens is 632 g/mol. The summed E-state index contributed by atoms with van der Waals surface area (Å²) in [5.41, 5.74) is 1.23. The number of aryl methyl sites for hydroxylation is 2. The number of nitrogens with zero attached hydrogens (tertiary/aromatic N) is 6. The van der Waals surface area contributed by atoms with Gasteiger partial charge in [0.2, 0.25) is 29.3 Å². The number of aliphatic imine (C=N–C) groups is 1. The van der Waals surface area contributed by atoms with Gasteiger partial charge in [-0.15, -0.1) is 10.2 Å². The zero-order chi connectivity index (χ0) is 35.6. The number of nitro benzene ring substituents is 2. The van der Waals surface area contributed by atoms with E-state index in [-0.39, 0.29) is 41.4 Å². The van der Waals surface area contributed by atoms with Crippen LogP contribution in [0, 0.1) is 34.1 Å². The summed E-state index contributed by atoms with van der Waals surface area (Å²) in [5.74, 6) is 1.64. The quantitative estimate of drug-likeness (QED) is 0.0763. The Labute approximate surface area is 275 Å². The predicted octanol–water partition coefficient (Wildman–Crippen LogP) is 6.03. The average molecular weight is 669 g/mol. The fourth-order valence-corrected chi connectivity index (χ4v) is 3.64. The largest absolute Gasteiger partial charge is 0.487 e. The number of nitro groups is 2. The molecule has 0 radical (unpaired) electrons. The van der Waals surface area contributed by atoms with Crippen molar-refractivity contribution >= 4 is 23.5 Å². The van der Waals surface area contributed by atoms with Gasteiger partial charge in [0.25, 0.3) is 0 Å². The first-order valence-electron chi connectivity index (χ1n) is 14.6. The van der Waals surface area contributed by atoms with Crippen LogP contribution in [-0.2, 0) is 4.79 Å². The predicted molar refractivity (Wildman–Crippen MR) is 172 cm³/mol. The lowest BCUT2D eigenvalue weighted by Crippen LogP contribution is -2.29. The third-order valence-electron chi connectivity index (χ3n) is 5.59. The van der Waals surface area contributed by atoms with E-state index in [0.717, 1.165) is 5.69 Å². The number of aromatic nitrogens is 4. The molecule has 2 aromatic heterocycles. The fourth-order valence-electron chi connectivity index (χ4n) is 3.64. The van der Waals surface area contributed by atoms with E-state index in [9.17, 15) is 25.0 Å². The number of hydrogen-bond acceptors (Lipinski definition) is 13. The Balaban J connectivity index is 0.000000298. The Bertz CT molecular complexity index is 1730. The van der Waals surface area contributed by atoms with Crippen LogP contribution in [-0.4, -0.2) is 68.2 Å². The summed E-state index contributed by atoms with van der Waals surface area (Å²) >= 11 is 0. The molecule has 0 fully saturated rings. The molecule has 18 nitrogen and oxygen atoms in total. The topological polar surface area (TPSA) is 228 Å². The molecule has 0 spiro atoms. The molecule has 0 saturated carbocycles. The number of nitrogens with one attached hydrogen (secondary N) is 2. The lowest BCUT2D eigenvalue weighted by Gasteiger charge is -2.07. The van der Waals surface area contributed by atoms with E-state index in [0.29, 0.717) is 42.8 Å². The van der Waals surface area contributed by atoms with Crippen molar-refractivity contribution in [3.05, 3.63) is 80.1 Å². The molecule has 0 atom stereocenters. The lowest BCUT2D eigenvalue weighted by atomic mass is 10.3. The minimum atomic E-state index is -0.525. The Kier molecular flexibility index (Phi) is 15.2. The maximum Gasteiger partial charge on any atom is 0.342 e. The van der Waals surface area contributed by atoms with Crippen LogP contribution < -0.4 is 24.3 Å². The SMILES string of the molecule is CCN=C=O.CCNC(=O)n1nc(Oc2ccc([N+](=O)[O-])c(OCC)c2)cc1C.CCOc1cc(Oc2cc(C)[nH]n2)ccc1[N+](=O)[O-]. The van der Waals surface area contributed by atoms with Crippen LogP contribution in [0.25, 0.3) is 0 Å². The molecule has 0 unspecified atom stereocenters. The summed E-state index contributed by atoms with van der Waals surface area (Å²) in [7, 11) is 0. The van der Waals surface area contributed by atoms with Gasteiger partial charge in [-0.05, 0) is 53.7 Å². The molecule has 1 amide bonds. The van der Waals surface area contributed by atoms with Crippen LogP contribution in [0.15, 0.2) is 53.5 Å². The van der Waals surface area contributed by atoms with Crippen molar-refractivity contribution in [1.82, 2.24) is 25.3 Å². The number of rotatable bonds is 12. The van der Waals surface area contributed by atoms with E-state index in [4.69, 9.17) is 23.7 Å². The van der Waals surface area contributed by atoms with Crippen LogP contribution >= 0.6 is 0 Å². The Morgan fingerprint density at radius 1 is 0.896 bits per heavy atom. The highest BCUT2D eigenvalue weighted by Gasteiger charge is 2.18. The third kappa shape index (κ3) is 11.6. The van der Waals surface area contributed by atoms with E-state index < -0.39 is 9.85 Å². The molecule has 0 aliphatic heterocycles. The van der Waals surface area contributed by atoms with Crippen LogP contribution in [0.5, 0.6) is 34.8 Å². The summed E-state index contributed by atoms with van der Waals surface area (Å²) < 4.78 is 22.7. The molecule has 2 N–H and O–H groups in total. The van der Waals surface area contributed by atoms with Crippen LogP contribution in [0.2, 0.25) is 0 Å². The molecule has 48 heavy (non-hydrogen) atoms. The smallest absolute Gasteiger partial charge is 0.342 e. The maximum atomic E-state index is 11.8. The minimum absolute atomic E-state index is 0.0904. The highest BCUT2D eigenvalue weighted by Crippen LogP contribution is 2.34. The first kappa shape index (κ1) is 37.9. The highest BCUT2D eigenvalue weighted by atomic mass is 16.6. The molecule has 4 aromatic rings. The number of H-pyrrole nitrogens is 1.